The first kappa shape index (κ1) is 27.5. The highest BCUT2D eigenvalue weighted by atomic mass is 32.2. The van der Waals surface area contributed by atoms with Gasteiger partial charge in [-0.2, -0.15) is 30.6 Å². The second-order valence-corrected chi connectivity index (χ2v) is 11.0. The van der Waals surface area contributed by atoms with E-state index in [0.29, 0.717) is 12.1 Å². The molecule has 2 fully saturated rings. The number of benzene rings is 2. The summed E-state index contributed by atoms with van der Waals surface area (Å²) in [6, 6.07) is 4.25. The van der Waals surface area contributed by atoms with Gasteiger partial charge in [0.05, 0.1) is 35.1 Å². The van der Waals surface area contributed by atoms with Gasteiger partial charge in [-0.05, 0) is 57.2 Å². The predicted molar refractivity (Wildman–Crippen MR) is 125 cm³/mol. The van der Waals surface area contributed by atoms with Gasteiger partial charge in [0.15, 0.2) is 11.5 Å². The molecule has 0 N–H and O–H groups in total. The van der Waals surface area contributed by atoms with E-state index < -0.39 is 64.8 Å². The maximum Gasteiger partial charge on any atom is 0.416 e. The average molecular weight is 581 g/mol. The Morgan fingerprint density at radius 2 is 1.44 bits per heavy atom. The van der Waals surface area contributed by atoms with E-state index in [4.69, 9.17) is 17.8 Å². The van der Waals surface area contributed by atoms with Crippen molar-refractivity contribution in [1.29, 1.82) is 0 Å². The number of fused-ring (bicyclic) bond motifs is 3. The Kier molecular flexibility index (Phi) is 6.54. The quantitative estimate of drug-likeness (QED) is 0.386. The lowest BCUT2D eigenvalue weighted by atomic mass is 9.95. The molecule has 0 aliphatic carbocycles. The number of rotatable bonds is 1. The van der Waals surface area contributed by atoms with E-state index in [2.05, 4.69) is 0 Å². The molecule has 0 saturated carbocycles. The fraction of sp³-hybridized carbons (Fsp3) is 0.458. The number of nitrogens with zero attached hydrogens (tertiary/aromatic N) is 2. The third kappa shape index (κ3) is 5.39. The molecule has 4 atom stereocenters. The summed E-state index contributed by atoms with van der Waals surface area (Å²) in [6.45, 7) is 4.77. The van der Waals surface area contributed by atoms with E-state index in [1.165, 1.54) is 9.80 Å². The zero-order valence-electron chi connectivity index (χ0n) is 20.6. The summed E-state index contributed by atoms with van der Waals surface area (Å²) in [4.78, 5) is 15.6. The third-order valence-electron chi connectivity index (χ3n) is 6.24. The first-order chi connectivity index (χ1) is 18.0. The van der Waals surface area contributed by atoms with Crippen molar-refractivity contribution in [3.05, 3.63) is 47.5 Å². The smallest absolute Gasteiger partial charge is 0.416 e. The minimum absolute atomic E-state index is 0.0636. The number of ether oxygens (including phenoxy) is 2. The van der Waals surface area contributed by atoms with Gasteiger partial charge in [0.25, 0.3) is 0 Å². The van der Waals surface area contributed by atoms with Crippen molar-refractivity contribution in [2.45, 2.75) is 57.0 Å². The molecule has 8 nitrogen and oxygen atoms in total. The van der Waals surface area contributed by atoms with E-state index in [1.807, 2.05) is 0 Å². The van der Waals surface area contributed by atoms with Crippen LogP contribution in [0.1, 0.15) is 31.9 Å². The van der Waals surface area contributed by atoms with E-state index in [0.717, 1.165) is 24.3 Å². The molecule has 15 heteroatoms. The molecule has 212 valence electrons. The number of hydrogen-bond donors (Lipinski definition) is 0. The highest BCUT2D eigenvalue weighted by Crippen LogP contribution is 2.52. The monoisotopic (exact) mass is 580 g/mol. The van der Waals surface area contributed by atoms with Crippen molar-refractivity contribution in [2.24, 2.45) is 0 Å². The first-order valence-corrected chi connectivity index (χ1v) is 12.6. The van der Waals surface area contributed by atoms with Crippen LogP contribution in [0.3, 0.4) is 0 Å². The van der Waals surface area contributed by atoms with Crippen molar-refractivity contribution in [3.8, 4) is 11.5 Å². The average Bonchev–Trinajstić information content (AvgIpc) is 3.19. The van der Waals surface area contributed by atoms with Gasteiger partial charge in [-0.15, -0.1) is 0 Å². The topological polar surface area (TPSA) is 77.5 Å². The molecule has 2 aromatic carbocycles. The highest BCUT2D eigenvalue weighted by Gasteiger charge is 2.51. The Morgan fingerprint density at radius 1 is 0.897 bits per heavy atom. The van der Waals surface area contributed by atoms with Crippen LogP contribution < -0.4 is 9.64 Å². The number of amides is 1. The lowest BCUT2D eigenvalue weighted by molar-refractivity contribution is -0.138. The summed E-state index contributed by atoms with van der Waals surface area (Å²) in [7, 11) is 0. The van der Waals surface area contributed by atoms with E-state index >= 15 is 0 Å². The molecule has 4 unspecified atom stereocenters. The standard InChI is InChI=1S/C24H22F6N2O6S/c1-22(2,3)36-21(33)31-10-16(20-19(11-31)37-39(34)38-20)32-14-6-4-12(23(25,26)27)8-17(14)35-18-9-13(24(28,29)30)5-7-15(18)32/h4-9,16,19-20H,10-11H2,1-3H3. The molecule has 3 heterocycles. The number of carbonyl (C=O) groups excluding carboxylic acids is 1. The lowest BCUT2D eigenvalue weighted by Crippen LogP contribution is -2.61. The van der Waals surface area contributed by atoms with E-state index in [1.54, 1.807) is 20.8 Å². The van der Waals surface area contributed by atoms with Crippen LogP contribution in [0, 0.1) is 0 Å². The van der Waals surface area contributed by atoms with Gasteiger partial charge < -0.3 is 19.3 Å². The summed E-state index contributed by atoms with van der Waals surface area (Å²) in [5, 5.41) is 0. The Bertz CT molecular complexity index is 1260. The molecular formula is C24H22F6N2O6S. The lowest BCUT2D eigenvalue weighted by Gasteiger charge is -2.46. The minimum Gasteiger partial charge on any atom is -0.453 e. The summed E-state index contributed by atoms with van der Waals surface area (Å²) in [5.74, 6) is -0.717. The van der Waals surface area contributed by atoms with Crippen LogP contribution in [0.25, 0.3) is 0 Å². The van der Waals surface area contributed by atoms with Crippen molar-refractivity contribution in [2.75, 3.05) is 18.0 Å². The fourth-order valence-electron chi connectivity index (χ4n) is 4.65. The van der Waals surface area contributed by atoms with Gasteiger partial charge >= 0.3 is 29.8 Å². The molecule has 3 aliphatic heterocycles. The molecule has 2 saturated heterocycles. The van der Waals surface area contributed by atoms with Crippen LogP contribution >= 0.6 is 0 Å². The Labute approximate surface area is 221 Å². The van der Waals surface area contributed by atoms with Crippen LogP contribution in [-0.4, -0.2) is 52.1 Å². The minimum atomic E-state index is -4.75. The van der Waals surface area contributed by atoms with Gasteiger partial charge in [0.2, 0.25) is 0 Å². The summed E-state index contributed by atoms with van der Waals surface area (Å²) in [5.41, 5.74) is -2.86. The number of halogens is 6. The second-order valence-electron chi connectivity index (χ2n) is 10.2. The van der Waals surface area contributed by atoms with Gasteiger partial charge in [-0.1, -0.05) is 0 Å². The second kappa shape index (κ2) is 9.27. The summed E-state index contributed by atoms with van der Waals surface area (Å²) in [6.07, 6.45) is -12.1. The Hall–Kier alpha value is -3.04. The van der Waals surface area contributed by atoms with Crippen LogP contribution in [0.5, 0.6) is 11.5 Å². The van der Waals surface area contributed by atoms with Gasteiger partial charge in [-0.25, -0.2) is 4.79 Å². The highest BCUT2D eigenvalue weighted by molar-refractivity contribution is 7.75. The van der Waals surface area contributed by atoms with Gasteiger partial charge in [-0.3, -0.25) is 8.37 Å². The molecule has 3 aliphatic rings. The van der Waals surface area contributed by atoms with Crippen molar-refractivity contribution in [1.82, 2.24) is 4.90 Å². The third-order valence-corrected chi connectivity index (χ3v) is 7.03. The van der Waals surface area contributed by atoms with Gasteiger partial charge in [0, 0.05) is 6.54 Å². The van der Waals surface area contributed by atoms with E-state index in [-0.39, 0.29) is 36.0 Å². The largest absolute Gasteiger partial charge is 0.453 e. The van der Waals surface area contributed by atoms with Crippen LogP contribution in [0.15, 0.2) is 36.4 Å². The Balaban J connectivity index is 1.63. The van der Waals surface area contributed by atoms with Crippen molar-refractivity contribution < 1.29 is 53.2 Å². The SMILES string of the molecule is CC(C)(C)OC(=O)N1CC2OS(=O)OC2C(N2c3ccc(C(F)(F)F)cc3Oc3cc(C(F)(F)F)ccc32)C1. The maximum atomic E-state index is 13.5. The summed E-state index contributed by atoms with van der Waals surface area (Å²) >= 11 is -2.20. The zero-order chi connectivity index (χ0) is 28.5. The maximum absolute atomic E-state index is 13.5. The number of piperidine rings is 1. The molecule has 0 aromatic heterocycles. The number of anilines is 2. The zero-order valence-corrected chi connectivity index (χ0v) is 21.4. The number of carbonyl (C=O) groups is 1. The molecule has 5 rings (SSSR count). The molecule has 2 aromatic rings. The Morgan fingerprint density at radius 3 is 1.92 bits per heavy atom. The van der Waals surface area contributed by atoms with Crippen LogP contribution in [0.4, 0.5) is 42.5 Å². The summed E-state index contributed by atoms with van der Waals surface area (Å²) < 4.78 is 115. The molecule has 1 amide bonds. The first-order valence-electron chi connectivity index (χ1n) is 11.6. The number of alkyl halides is 6. The molecule has 39 heavy (non-hydrogen) atoms. The number of hydrogen-bond acceptors (Lipinski definition) is 7. The molecule has 0 radical (unpaired) electrons. The number of likely N-dealkylation sites (tertiary alicyclic amines) is 1. The van der Waals surface area contributed by atoms with Crippen molar-refractivity contribution in [3.63, 3.8) is 0 Å². The van der Waals surface area contributed by atoms with Crippen LogP contribution in [0.2, 0.25) is 0 Å². The normalized spacial score (nSPS) is 24.9. The molecule has 0 spiro atoms. The van der Waals surface area contributed by atoms with Crippen molar-refractivity contribution >= 4 is 28.8 Å². The molecule has 0 bridgehead atoms. The van der Waals surface area contributed by atoms with Gasteiger partial charge in [0.1, 0.15) is 17.8 Å². The predicted octanol–water partition coefficient (Wildman–Crippen LogP) is 5.95. The van der Waals surface area contributed by atoms with Crippen LogP contribution in [-0.2, 0) is 36.8 Å². The van der Waals surface area contributed by atoms with E-state index in [9.17, 15) is 35.3 Å². The fourth-order valence-corrected chi connectivity index (χ4v) is 5.50. The molecular weight excluding hydrogens is 558 g/mol.